The first-order valence-corrected chi connectivity index (χ1v) is 7.43. The monoisotopic (exact) mass is 295 g/mol. The maximum atomic E-state index is 11.1. The lowest BCUT2D eigenvalue weighted by atomic mass is 10.0. The van der Waals surface area contributed by atoms with Gasteiger partial charge in [-0.2, -0.15) is 0 Å². The highest BCUT2D eigenvalue weighted by Gasteiger charge is 2.23. The minimum absolute atomic E-state index is 0.0238. The molecule has 1 unspecified atom stereocenters. The number of piperidine rings is 1. The van der Waals surface area contributed by atoms with Crippen molar-refractivity contribution in [1.29, 1.82) is 0 Å². The highest BCUT2D eigenvalue weighted by atomic mass is 35.5. The summed E-state index contributed by atoms with van der Waals surface area (Å²) in [4.78, 5) is 13.4. The van der Waals surface area contributed by atoms with Crippen molar-refractivity contribution in [3.05, 3.63) is 22.7 Å². The first-order chi connectivity index (χ1) is 9.78. The highest BCUT2D eigenvalue weighted by Crippen LogP contribution is 2.38. The SMILES string of the molecule is O=CC1CCCCN1Cc1cc(Cl)c2c(c1)OCCO2. The molecule has 1 fully saturated rings. The molecule has 0 saturated carbocycles. The molecule has 5 heteroatoms. The van der Waals surface area contributed by atoms with Crippen LogP contribution < -0.4 is 9.47 Å². The van der Waals surface area contributed by atoms with E-state index in [1.54, 1.807) is 0 Å². The molecule has 0 aromatic heterocycles. The Morgan fingerprint density at radius 1 is 1.30 bits per heavy atom. The molecule has 2 aliphatic heterocycles. The van der Waals surface area contributed by atoms with E-state index in [4.69, 9.17) is 21.1 Å². The Morgan fingerprint density at radius 3 is 3.00 bits per heavy atom. The zero-order chi connectivity index (χ0) is 13.9. The number of hydrogen-bond donors (Lipinski definition) is 0. The Kier molecular flexibility index (Phi) is 4.13. The normalized spacial score (nSPS) is 22.6. The fourth-order valence-corrected chi connectivity index (χ4v) is 3.15. The van der Waals surface area contributed by atoms with Gasteiger partial charge in [-0.3, -0.25) is 4.90 Å². The first kappa shape index (κ1) is 13.7. The summed E-state index contributed by atoms with van der Waals surface area (Å²) < 4.78 is 11.1. The van der Waals surface area contributed by atoms with Gasteiger partial charge in [-0.25, -0.2) is 0 Å². The molecule has 0 amide bonds. The number of hydrogen-bond acceptors (Lipinski definition) is 4. The highest BCUT2D eigenvalue weighted by molar-refractivity contribution is 6.32. The van der Waals surface area contributed by atoms with Gasteiger partial charge in [-0.05, 0) is 37.1 Å². The largest absolute Gasteiger partial charge is 0.486 e. The predicted octanol–water partition coefficient (Wildman–Crippen LogP) is 2.66. The number of nitrogens with zero attached hydrogens (tertiary/aromatic N) is 1. The molecule has 2 heterocycles. The smallest absolute Gasteiger partial charge is 0.179 e. The summed E-state index contributed by atoms with van der Waals surface area (Å²) in [7, 11) is 0. The summed E-state index contributed by atoms with van der Waals surface area (Å²) in [5, 5.41) is 0.580. The summed E-state index contributed by atoms with van der Waals surface area (Å²) in [6.07, 6.45) is 4.27. The van der Waals surface area contributed by atoms with E-state index in [0.29, 0.717) is 29.7 Å². The molecule has 0 aliphatic carbocycles. The summed E-state index contributed by atoms with van der Waals surface area (Å²) in [5.41, 5.74) is 1.06. The minimum Gasteiger partial charge on any atom is -0.486 e. The van der Waals surface area contributed by atoms with Gasteiger partial charge in [0.15, 0.2) is 11.5 Å². The second-order valence-electron chi connectivity index (χ2n) is 5.27. The molecule has 0 bridgehead atoms. The van der Waals surface area contributed by atoms with Gasteiger partial charge in [-0.15, -0.1) is 0 Å². The number of rotatable bonds is 3. The number of halogens is 1. The van der Waals surface area contributed by atoms with Gasteiger partial charge in [0.25, 0.3) is 0 Å². The van der Waals surface area contributed by atoms with Crippen molar-refractivity contribution in [1.82, 2.24) is 4.90 Å². The molecule has 4 nitrogen and oxygen atoms in total. The van der Waals surface area contributed by atoms with Gasteiger partial charge in [-0.1, -0.05) is 18.0 Å². The number of likely N-dealkylation sites (tertiary alicyclic amines) is 1. The van der Waals surface area contributed by atoms with Gasteiger partial charge in [0.2, 0.25) is 0 Å². The fourth-order valence-electron chi connectivity index (χ4n) is 2.86. The zero-order valence-electron chi connectivity index (χ0n) is 11.3. The molecule has 1 aromatic rings. The number of aldehydes is 1. The van der Waals surface area contributed by atoms with E-state index in [9.17, 15) is 4.79 Å². The molecular formula is C15H18ClNO3. The van der Waals surface area contributed by atoms with Crippen LogP contribution in [0.2, 0.25) is 5.02 Å². The molecule has 3 rings (SSSR count). The molecule has 1 atom stereocenters. The molecule has 108 valence electrons. The van der Waals surface area contributed by atoms with Crippen LogP contribution in [0.25, 0.3) is 0 Å². The quantitative estimate of drug-likeness (QED) is 0.804. The van der Waals surface area contributed by atoms with Crippen molar-refractivity contribution in [2.24, 2.45) is 0 Å². The van der Waals surface area contributed by atoms with Gasteiger partial charge >= 0.3 is 0 Å². The van der Waals surface area contributed by atoms with Crippen molar-refractivity contribution >= 4 is 17.9 Å². The number of ether oxygens (including phenoxy) is 2. The van der Waals surface area contributed by atoms with Crippen LogP contribution >= 0.6 is 11.6 Å². The van der Waals surface area contributed by atoms with Crippen molar-refractivity contribution in [3.8, 4) is 11.5 Å². The maximum Gasteiger partial charge on any atom is 0.179 e. The number of fused-ring (bicyclic) bond motifs is 1. The second kappa shape index (κ2) is 6.02. The molecule has 0 radical (unpaired) electrons. The number of carbonyl (C=O) groups excluding carboxylic acids is 1. The summed E-state index contributed by atoms with van der Waals surface area (Å²) in [6, 6.07) is 3.90. The fraction of sp³-hybridized carbons (Fsp3) is 0.533. The van der Waals surface area contributed by atoms with Crippen molar-refractivity contribution in [3.63, 3.8) is 0 Å². The minimum atomic E-state index is 0.0238. The Balaban J connectivity index is 1.80. The molecule has 0 N–H and O–H groups in total. The van der Waals surface area contributed by atoms with Crippen LogP contribution in [0, 0.1) is 0 Å². The molecule has 1 aromatic carbocycles. The lowest BCUT2D eigenvalue weighted by molar-refractivity contribution is -0.113. The zero-order valence-corrected chi connectivity index (χ0v) is 12.1. The number of benzene rings is 1. The van der Waals surface area contributed by atoms with Crippen LogP contribution in [-0.4, -0.2) is 37.0 Å². The molecule has 20 heavy (non-hydrogen) atoms. The summed E-state index contributed by atoms with van der Waals surface area (Å²) in [6.45, 7) is 2.76. The summed E-state index contributed by atoms with van der Waals surface area (Å²) in [5.74, 6) is 1.34. The first-order valence-electron chi connectivity index (χ1n) is 7.05. The predicted molar refractivity (Wildman–Crippen MR) is 76.6 cm³/mol. The second-order valence-corrected chi connectivity index (χ2v) is 5.68. The van der Waals surface area contributed by atoms with Crippen LogP contribution in [0.1, 0.15) is 24.8 Å². The van der Waals surface area contributed by atoms with Gasteiger partial charge < -0.3 is 14.3 Å². The Labute approximate surface area is 123 Å². The van der Waals surface area contributed by atoms with Crippen molar-refractivity contribution in [2.45, 2.75) is 31.8 Å². The van der Waals surface area contributed by atoms with Crippen molar-refractivity contribution < 1.29 is 14.3 Å². The van der Waals surface area contributed by atoms with E-state index >= 15 is 0 Å². The van der Waals surface area contributed by atoms with E-state index in [1.165, 1.54) is 0 Å². The third-order valence-electron chi connectivity index (χ3n) is 3.86. The van der Waals surface area contributed by atoms with Crippen LogP contribution in [0.3, 0.4) is 0 Å². The van der Waals surface area contributed by atoms with Gasteiger partial charge in [0.1, 0.15) is 19.5 Å². The lowest BCUT2D eigenvalue weighted by Crippen LogP contribution is -2.39. The van der Waals surface area contributed by atoms with Crippen LogP contribution in [0.5, 0.6) is 11.5 Å². The summed E-state index contributed by atoms with van der Waals surface area (Å²) >= 11 is 6.24. The Bertz CT molecular complexity index is 506. The van der Waals surface area contributed by atoms with E-state index in [1.807, 2.05) is 12.1 Å². The van der Waals surface area contributed by atoms with Crippen LogP contribution in [0.4, 0.5) is 0 Å². The van der Waals surface area contributed by atoms with E-state index in [0.717, 1.165) is 44.2 Å². The molecule has 2 aliphatic rings. The lowest BCUT2D eigenvalue weighted by Gasteiger charge is -2.32. The van der Waals surface area contributed by atoms with E-state index in [-0.39, 0.29) is 6.04 Å². The van der Waals surface area contributed by atoms with Gasteiger partial charge in [0, 0.05) is 6.54 Å². The van der Waals surface area contributed by atoms with Crippen molar-refractivity contribution in [2.75, 3.05) is 19.8 Å². The molecule has 1 saturated heterocycles. The molecule has 0 spiro atoms. The topological polar surface area (TPSA) is 38.8 Å². The standard InChI is InChI=1S/C15H18ClNO3/c16-13-7-11(8-14-15(13)20-6-5-19-14)9-17-4-2-1-3-12(17)10-18/h7-8,10,12H,1-6,9H2. The Hall–Kier alpha value is -1.26. The van der Waals surface area contributed by atoms with Crippen LogP contribution in [0.15, 0.2) is 12.1 Å². The maximum absolute atomic E-state index is 11.1. The molecular weight excluding hydrogens is 278 g/mol. The van der Waals surface area contributed by atoms with Gasteiger partial charge in [0.05, 0.1) is 11.1 Å². The van der Waals surface area contributed by atoms with E-state index < -0.39 is 0 Å². The third kappa shape index (κ3) is 2.76. The van der Waals surface area contributed by atoms with E-state index in [2.05, 4.69) is 4.90 Å². The van der Waals surface area contributed by atoms with Crippen LogP contribution in [-0.2, 0) is 11.3 Å². The number of carbonyl (C=O) groups is 1. The Morgan fingerprint density at radius 2 is 2.15 bits per heavy atom. The average molecular weight is 296 g/mol. The third-order valence-corrected chi connectivity index (χ3v) is 4.14. The average Bonchev–Trinajstić information content (AvgIpc) is 2.48.